The Bertz CT molecular complexity index is 389. The third-order valence-corrected chi connectivity index (χ3v) is 2.07. The molecule has 0 radical (unpaired) electrons. The lowest BCUT2D eigenvalue weighted by atomic mass is 10.3. The molecule has 17 heavy (non-hydrogen) atoms. The Morgan fingerprint density at radius 2 is 2.00 bits per heavy atom. The van der Waals surface area contributed by atoms with E-state index >= 15 is 0 Å². The zero-order valence-electron chi connectivity index (χ0n) is 9.60. The Hall–Kier alpha value is -1.95. The number of nitrogens with one attached hydrogen (secondary N) is 2. The summed E-state index contributed by atoms with van der Waals surface area (Å²) in [4.78, 5) is 21.3. The normalized spacial score (nSPS) is 9.94. The van der Waals surface area contributed by atoms with Crippen molar-refractivity contribution in [3.63, 3.8) is 0 Å². The average molecular weight is 237 g/mol. The van der Waals surface area contributed by atoms with Gasteiger partial charge in [-0.05, 0) is 25.1 Å². The number of amides is 1. The van der Waals surface area contributed by atoms with Gasteiger partial charge in [-0.25, -0.2) is 0 Å². The molecule has 0 heterocycles. The first-order chi connectivity index (χ1) is 8.13. The van der Waals surface area contributed by atoms with Gasteiger partial charge in [0.25, 0.3) is 5.69 Å². The van der Waals surface area contributed by atoms with Crippen molar-refractivity contribution in [1.82, 2.24) is 5.32 Å². The van der Waals surface area contributed by atoms with E-state index in [1.54, 1.807) is 0 Å². The van der Waals surface area contributed by atoms with Crippen LogP contribution in [0.4, 0.5) is 11.4 Å². The van der Waals surface area contributed by atoms with Gasteiger partial charge >= 0.3 is 0 Å². The van der Waals surface area contributed by atoms with E-state index in [9.17, 15) is 14.9 Å². The van der Waals surface area contributed by atoms with E-state index in [4.69, 9.17) is 0 Å². The number of hydrogen-bond acceptors (Lipinski definition) is 4. The molecule has 2 N–H and O–H groups in total. The molecule has 0 saturated heterocycles. The maximum Gasteiger partial charge on any atom is 0.269 e. The van der Waals surface area contributed by atoms with Gasteiger partial charge in [0, 0.05) is 17.8 Å². The van der Waals surface area contributed by atoms with Crippen molar-refractivity contribution in [3.05, 3.63) is 34.4 Å². The minimum atomic E-state index is -0.478. The lowest BCUT2D eigenvalue weighted by molar-refractivity contribution is -0.384. The summed E-state index contributed by atoms with van der Waals surface area (Å²) in [6, 6.07) is 5.73. The fraction of sp³-hybridized carbons (Fsp3) is 0.364. The number of nitro groups is 1. The lowest BCUT2D eigenvalue weighted by Gasteiger charge is -2.05. The van der Waals surface area contributed by atoms with Crippen LogP contribution in [0.1, 0.15) is 13.3 Å². The van der Waals surface area contributed by atoms with Crippen molar-refractivity contribution in [1.29, 1.82) is 0 Å². The van der Waals surface area contributed by atoms with Gasteiger partial charge in [0.15, 0.2) is 0 Å². The number of nitrogens with zero attached hydrogens (tertiary/aromatic N) is 1. The van der Waals surface area contributed by atoms with E-state index in [0.29, 0.717) is 5.69 Å². The number of benzene rings is 1. The summed E-state index contributed by atoms with van der Waals surface area (Å²) in [6.45, 7) is 3.04. The average Bonchev–Trinajstić information content (AvgIpc) is 2.30. The highest BCUT2D eigenvalue weighted by Gasteiger charge is 2.05. The van der Waals surface area contributed by atoms with Gasteiger partial charge in [-0.3, -0.25) is 14.9 Å². The van der Waals surface area contributed by atoms with E-state index in [1.165, 1.54) is 24.3 Å². The quantitative estimate of drug-likeness (QED) is 0.446. The largest absolute Gasteiger partial charge is 0.325 e. The van der Waals surface area contributed by atoms with Crippen molar-refractivity contribution in [2.75, 3.05) is 18.4 Å². The number of anilines is 1. The summed E-state index contributed by atoms with van der Waals surface area (Å²) >= 11 is 0. The van der Waals surface area contributed by atoms with Crippen LogP contribution in [-0.2, 0) is 4.79 Å². The van der Waals surface area contributed by atoms with Crippen molar-refractivity contribution in [3.8, 4) is 0 Å². The third kappa shape index (κ3) is 4.60. The van der Waals surface area contributed by atoms with Crippen LogP contribution in [0.5, 0.6) is 0 Å². The Morgan fingerprint density at radius 1 is 1.35 bits per heavy atom. The SMILES string of the molecule is CCCNCC(=O)Nc1ccc([N+](=O)[O-])cc1. The number of hydrogen-bond donors (Lipinski definition) is 2. The van der Waals surface area contributed by atoms with Crippen LogP contribution in [0.3, 0.4) is 0 Å². The Morgan fingerprint density at radius 3 is 2.53 bits per heavy atom. The number of nitro benzene ring substituents is 1. The standard InChI is InChI=1S/C11H15N3O3/c1-2-7-12-8-11(15)13-9-3-5-10(6-4-9)14(16)17/h3-6,12H,2,7-8H2,1H3,(H,13,15). The molecule has 1 amide bonds. The fourth-order valence-electron chi connectivity index (χ4n) is 1.25. The molecule has 6 heteroatoms. The second-order valence-corrected chi connectivity index (χ2v) is 3.53. The summed E-state index contributed by atoms with van der Waals surface area (Å²) in [5, 5.41) is 16.0. The molecule has 0 atom stereocenters. The molecule has 0 aliphatic rings. The Labute approximate surface area is 99.2 Å². The minimum absolute atomic E-state index is 0.00658. The van der Waals surface area contributed by atoms with Crippen LogP contribution in [0.15, 0.2) is 24.3 Å². The van der Waals surface area contributed by atoms with Gasteiger partial charge in [-0.1, -0.05) is 6.92 Å². The van der Waals surface area contributed by atoms with Crippen LogP contribution in [0.2, 0.25) is 0 Å². The first kappa shape index (κ1) is 13.1. The van der Waals surface area contributed by atoms with Gasteiger partial charge in [0.05, 0.1) is 11.5 Å². The maximum absolute atomic E-state index is 11.4. The summed E-state index contributed by atoms with van der Waals surface area (Å²) in [7, 11) is 0. The summed E-state index contributed by atoms with van der Waals surface area (Å²) in [5.74, 6) is -0.160. The molecule has 0 aromatic heterocycles. The molecule has 1 aromatic carbocycles. The maximum atomic E-state index is 11.4. The predicted molar refractivity (Wildman–Crippen MR) is 64.9 cm³/mol. The molecule has 0 bridgehead atoms. The number of rotatable bonds is 6. The lowest BCUT2D eigenvalue weighted by Crippen LogP contribution is -2.28. The highest BCUT2D eigenvalue weighted by molar-refractivity contribution is 5.92. The Kier molecular flexibility index (Phi) is 5.09. The molecule has 0 unspecified atom stereocenters. The molecule has 0 fully saturated rings. The minimum Gasteiger partial charge on any atom is -0.325 e. The Balaban J connectivity index is 2.46. The molecule has 6 nitrogen and oxygen atoms in total. The van der Waals surface area contributed by atoms with Gasteiger partial charge in [-0.15, -0.1) is 0 Å². The summed E-state index contributed by atoms with van der Waals surface area (Å²) in [5.41, 5.74) is 0.561. The number of carbonyl (C=O) groups is 1. The van der Waals surface area contributed by atoms with Crippen LogP contribution in [0.25, 0.3) is 0 Å². The molecule has 1 rings (SSSR count). The smallest absolute Gasteiger partial charge is 0.269 e. The highest BCUT2D eigenvalue weighted by atomic mass is 16.6. The molecular formula is C11H15N3O3. The van der Waals surface area contributed by atoms with Gasteiger partial charge in [0.2, 0.25) is 5.91 Å². The molecule has 0 saturated carbocycles. The van der Waals surface area contributed by atoms with Gasteiger partial charge in [0.1, 0.15) is 0 Å². The number of carbonyl (C=O) groups excluding carboxylic acids is 1. The fourth-order valence-corrected chi connectivity index (χ4v) is 1.25. The van der Waals surface area contributed by atoms with Crippen LogP contribution >= 0.6 is 0 Å². The van der Waals surface area contributed by atoms with Crippen molar-refractivity contribution in [2.24, 2.45) is 0 Å². The first-order valence-corrected chi connectivity index (χ1v) is 5.38. The van der Waals surface area contributed by atoms with Crippen LogP contribution in [0, 0.1) is 10.1 Å². The van der Waals surface area contributed by atoms with E-state index in [2.05, 4.69) is 10.6 Å². The van der Waals surface area contributed by atoms with Crippen molar-refractivity contribution in [2.45, 2.75) is 13.3 Å². The van der Waals surface area contributed by atoms with Gasteiger partial charge < -0.3 is 10.6 Å². The zero-order chi connectivity index (χ0) is 12.7. The topological polar surface area (TPSA) is 84.3 Å². The van der Waals surface area contributed by atoms with Crippen molar-refractivity contribution >= 4 is 17.3 Å². The zero-order valence-corrected chi connectivity index (χ0v) is 9.60. The van der Waals surface area contributed by atoms with Crippen LogP contribution < -0.4 is 10.6 Å². The molecule has 92 valence electrons. The third-order valence-electron chi connectivity index (χ3n) is 2.07. The van der Waals surface area contributed by atoms with E-state index < -0.39 is 4.92 Å². The summed E-state index contributed by atoms with van der Waals surface area (Å²) < 4.78 is 0. The molecule has 0 aliphatic carbocycles. The van der Waals surface area contributed by atoms with Gasteiger partial charge in [-0.2, -0.15) is 0 Å². The highest BCUT2D eigenvalue weighted by Crippen LogP contribution is 2.14. The molecule has 0 aliphatic heterocycles. The first-order valence-electron chi connectivity index (χ1n) is 5.38. The monoisotopic (exact) mass is 237 g/mol. The summed E-state index contributed by atoms with van der Waals surface area (Å²) in [6.07, 6.45) is 0.963. The number of non-ortho nitro benzene ring substituents is 1. The van der Waals surface area contributed by atoms with E-state index in [0.717, 1.165) is 13.0 Å². The van der Waals surface area contributed by atoms with Crippen LogP contribution in [-0.4, -0.2) is 23.9 Å². The van der Waals surface area contributed by atoms with Crippen molar-refractivity contribution < 1.29 is 9.72 Å². The van der Waals surface area contributed by atoms with E-state index in [-0.39, 0.29) is 18.1 Å². The second kappa shape index (κ2) is 6.59. The molecular weight excluding hydrogens is 222 g/mol. The molecule has 0 spiro atoms. The predicted octanol–water partition coefficient (Wildman–Crippen LogP) is 1.53. The second-order valence-electron chi connectivity index (χ2n) is 3.53. The molecule has 1 aromatic rings. The van der Waals surface area contributed by atoms with E-state index in [1.807, 2.05) is 6.92 Å².